The van der Waals surface area contributed by atoms with E-state index < -0.39 is 13.9 Å². The predicted molar refractivity (Wildman–Crippen MR) is 46.3 cm³/mol. The molecule has 0 aliphatic heterocycles. The fraction of sp³-hybridized carbons (Fsp3) is 0.857. The number of rotatable bonds is 5. The van der Waals surface area contributed by atoms with Crippen LogP contribution in [-0.4, -0.2) is 16.3 Å². The van der Waals surface area contributed by atoms with Crippen LogP contribution in [0.5, 0.6) is 0 Å². The highest BCUT2D eigenvalue weighted by molar-refractivity contribution is 7.32. The molecule has 0 rings (SSSR count). The summed E-state index contributed by atoms with van der Waals surface area (Å²) in [4.78, 5) is 19.7. The summed E-state index contributed by atoms with van der Waals surface area (Å²) >= 11 is 0. The van der Waals surface area contributed by atoms with Gasteiger partial charge >= 0.3 is 8.25 Å². The zero-order valence-electron chi connectivity index (χ0n) is 7.59. The molecular weight excluding hydrogens is 179 g/mol. The van der Waals surface area contributed by atoms with Gasteiger partial charge in [-0.3, -0.25) is 13.9 Å². The molecule has 0 aromatic carbocycles. The first-order valence-electron chi connectivity index (χ1n) is 3.91. The first kappa shape index (κ1) is 11.8. The molecule has 1 unspecified atom stereocenters. The first-order valence-corrected chi connectivity index (χ1v) is 5.18. The minimum Gasteiger partial charge on any atom is -0.326 e. The van der Waals surface area contributed by atoms with E-state index in [0.717, 1.165) is 0 Å². The van der Waals surface area contributed by atoms with Crippen LogP contribution in [0.4, 0.5) is 0 Å². The normalized spacial score (nSPS) is 14.3. The van der Waals surface area contributed by atoms with Crippen LogP contribution in [0.1, 0.15) is 33.6 Å². The van der Waals surface area contributed by atoms with Crippen LogP contribution in [0, 0.1) is 0 Å². The number of hydrogen-bond donors (Lipinski definition) is 1. The molecule has 0 aromatic heterocycles. The van der Waals surface area contributed by atoms with Crippen LogP contribution in [0.15, 0.2) is 0 Å². The summed E-state index contributed by atoms with van der Waals surface area (Å²) in [7, 11) is -3.03. The molecule has 0 fully saturated rings. The highest BCUT2D eigenvalue weighted by atomic mass is 31.1. The third-order valence-electron chi connectivity index (χ3n) is 2.07. The molecular formula is C7H15O4P. The molecule has 0 amide bonds. The average molecular weight is 194 g/mol. The van der Waals surface area contributed by atoms with Crippen molar-refractivity contribution in [2.24, 2.45) is 0 Å². The van der Waals surface area contributed by atoms with E-state index in [1.165, 1.54) is 6.92 Å². The Labute approximate surface area is 72.9 Å². The number of ketones is 1. The van der Waals surface area contributed by atoms with Gasteiger partial charge < -0.3 is 4.89 Å². The van der Waals surface area contributed by atoms with Crippen molar-refractivity contribution < 1.29 is 18.8 Å². The van der Waals surface area contributed by atoms with Crippen molar-refractivity contribution in [1.29, 1.82) is 0 Å². The quantitative estimate of drug-likeness (QED) is 0.674. The van der Waals surface area contributed by atoms with E-state index in [1.54, 1.807) is 13.8 Å². The van der Waals surface area contributed by atoms with Crippen LogP contribution in [0.3, 0.4) is 0 Å². The molecule has 1 atom stereocenters. The lowest BCUT2D eigenvalue weighted by Crippen LogP contribution is -2.36. The highest BCUT2D eigenvalue weighted by Gasteiger charge is 2.34. The molecule has 0 saturated heterocycles. The second-order valence-corrected chi connectivity index (χ2v) is 3.36. The van der Waals surface area contributed by atoms with Crippen molar-refractivity contribution in [3.05, 3.63) is 0 Å². The van der Waals surface area contributed by atoms with Crippen molar-refractivity contribution >= 4 is 14.0 Å². The summed E-state index contributed by atoms with van der Waals surface area (Å²) in [6.45, 7) is 4.89. The maximum Gasteiger partial charge on any atom is 0.317 e. The molecule has 0 aliphatic rings. The molecule has 1 N–H and O–H groups in total. The van der Waals surface area contributed by atoms with Gasteiger partial charge in [-0.15, -0.1) is 0 Å². The predicted octanol–water partition coefficient (Wildman–Crippen LogP) is 1.53. The minimum absolute atomic E-state index is 0.195. The molecule has 0 spiro atoms. The zero-order chi connectivity index (χ0) is 9.78. The third-order valence-corrected chi connectivity index (χ3v) is 2.63. The molecule has 12 heavy (non-hydrogen) atoms. The summed E-state index contributed by atoms with van der Waals surface area (Å²) in [6.07, 6.45) is 0.853. The average Bonchev–Trinajstić information content (AvgIpc) is 1.99. The second-order valence-electron chi connectivity index (χ2n) is 2.63. The van der Waals surface area contributed by atoms with Gasteiger partial charge in [-0.1, -0.05) is 13.8 Å². The van der Waals surface area contributed by atoms with E-state index in [9.17, 15) is 9.36 Å². The molecule has 0 heterocycles. The Hall–Kier alpha value is -0.180. The van der Waals surface area contributed by atoms with Gasteiger partial charge in [0.05, 0.1) is 0 Å². The number of hydrogen-bond acceptors (Lipinski definition) is 3. The van der Waals surface area contributed by atoms with Gasteiger partial charge in [0.1, 0.15) is 5.60 Å². The van der Waals surface area contributed by atoms with E-state index in [-0.39, 0.29) is 5.78 Å². The monoisotopic (exact) mass is 194 g/mol. The van der Waals surface area contributed by atoms with E-state index in [2.05, 4.69) is 0 Å². The van der Waals surface area contributed by atoms with E-state index >= 15 is 0 Å². The highest BCUT2D eigenvalue weighted by Crippen LogP contribution is 2.32. The van der Waals surface area contributed by atoms with Gasteiger partial charge in [-0.05, 0) is 19.8 Å². The molecule has 0 aliphatic carbocycles. The maximum absolute atomic E-state index is 11.1. The number of Topliss-reactive ketones (excluding diaryl/α,β-unsaturated/α-hetero) is 1. The summed E-state index contributed by atoms with van der Waals surface area (Å²) in [6, 6.07) is 0. The van der Waals surface area contributed by atoms with Gasteiger partial charge in [0, 0.05) is 0 Å². The third kappa shape index (κ3) is 2.70. The van der Waals surface area contributed by atoms with Crippen molar-refractivity contribution in [1.82, 2.24) is 0 Å². The fourth-order valence-corrected chi connectivity index (χ4v) is 1.90. The van der Waals surface area contributed by atoms with Crippen molar-refractivity contribution in [3.8, 4) is 0 Å². The molecule has 0 saturated carbocycles. The molecule has 4 nitrogen and oxygen atoms in total. The smallest absolute Gasteiger partial charge is 0.317 e. The summed E-state index contributed by atoms with van der Waals surface area (Å²) in [5, 5.41) is 0. The molecule has 0 aromatic rings. The van der Waals surface area contributed by atoms with Crippen molar-refractivity contribution in [3.63, 3.8) is 0 Å². The Bertz CT molecular complexity index is 186. The lowest BCUT2D eigenvalue weighted by atomic mass is 9.93. The Morgan fingerprint density at radius 3 is 2.00 bits per heavy atom. The first-order chi connectivity index (χ1) is 5.48. The van der Waals surface area contributed by atoms with Crippen LogP contribution in [0.25, 0.3) is 0 Å². The van der Waals surface area contributed by atoms with Crippen LogP contribution >= 0.6 is 8.25 Å². The van der Waals surface area contributed by atoms with Gasteiger partial charge in [0.15, 0.2) is 5.78 Å². The van der Waals surface area contributed by atoms with E-state index in [0.29, 0.717) is 12.8 Å². The van der Waals surface area contributed by atoms with Crippen molar-refractivity contribution in [2.75, 3.05) is 0 Å². The molecule has 0 bridgehead atoms. The topological polar surface area (TPSA) is 63.6 Å². The second kappa shape index (κ2) is 4.75. The lowest BCUT2D eigenvalue weighted by Gasteiger charge is -2.26. The van der Waals surface area contributed by atoms with E-state index in [1.807, 2.05) is 0 Å². The standard InChI is InChI=1S/C7H15O4P/c1-4-7(5-2,6(3)8)11-12(9)10/h12H,4-5H2,1-3H3,(H,9,10). The maximum atomic E-state index is 11.1. The largest absolute Gasteiger partial charge is 0.326 e. The van der Waals surface area contributed by atoms with Crippen LogP contribution < -0.4 is 0 Å². The lowest BCUT2D eigenvalue weighted by molar-refractivity contribution is -0.133. The fourth-order valence-electron chi connectivity index (χ4n) is 1.13. The Morgan fingerprint density at radius 1 is 1.50 bits per heavy atom. The summed E-state index contributed by atoms with van der Waals surface area (Å²) in [5.41, 5.74) is -1.05. The van der Waals surface area contributed by atoms with E-state index in [4.69, 9.17) is 9.42 Å². The minimum atomic E-state index is -3.03. The molecule has 0 radical (unpaired) electrons. The number of carbonyl (C=O) groups is 1. The van der Waals surface area contributed by atoms with Gasteiger partial charge in [-0.2, -0.15) is 0 Å². The van der Waals surface area contributed by atoms with Gasteiger partial charge in [0.25, 0.3) is 0 Å². The molecule has 72 valence electrons. The van der Waals surface area contributed by atoms with Crippen LogP contribution in [-0.2, 0) is 13.9 Å². The zero-order valence-corrected chi connectivity index (χ0v) is 8.59. The SMILES string of the molecule is CCC(CC)(O[PH](=O)O)C(C)=O. The number of carbonyl (C=O) groups excluding carboxylic acids is 1. The Kier molecular flexibility index (Phi) is 4.68. The Morgan fingerprint density at radius 2 is 1.92 bits per heavy atom. The van der Waals surface area contributed by atoms with Gasteiger partial charge in [-0.25, -0.2) is 0 Å². The summed E-state index contributed by atoms with van der Waals surface area (Å²) in [5.74, 6) is -0.195. The van der Waals surface area contributed by atoms with Crippen molar-refractivity contribution in [2.45, 2.75) is 39.2 Å². The Balaban J connectivity index is 4.58. The summed E-state index contributed by atoms with van der Waals surface area (Å²) < 4.78 is 15.2. The molecule has 5 heteroatoms. The van der Waals surface area contributed by atoms with Crippen LogP contribution in [0.2, 0.25) is 0 Å². The van der Waals surface area contributed by atoms with Gasteiger partial charge in [0.2, 0.25) is 0 Å².